The van der Waals surface area contributed by atoms with Gasteiger partial charge in [-0.3, -0.25) is 0 Å². The molecule has 8 saturated heterocycles. The van der Waals surface area contributed by atoms with Crippen LogP contribution < -0.4 is 0 Å². The van der Waals surface area contributed by atoms with Crippen LogP contribution in [0.15, 0.2) is 0 Å². The fourth-order valence-corrected chi connectivity index (χ4v) is 14.6. The van der Waals surface area contributed by atoms with Gasteiger partial charge < -0.3 is 71.4 Å². The molecule has 8 heterocycles. The molecule has 0 aromatic carbocycles. The number of hydrogen-bond donors (Lipinski definition) is 1. The van der Waals surface area contributed by atoms with Crippen LogP contribution in [0.4, 0.5) is 0 Å². The zero-order valence-electron chi connectivity index (χ0n) is 51.3. The highest BCUT2D eigenvalue weighted by Crippen LogP contribution is 2.47. The maximum atomic E-state index is 11.1. The van der Waals surface area contributed by atoms with Gasteiger partial charge in [-0.1, -0.05) is 138 Å². The first-order chi connectivity index (χ1) is 36.6. The summed E-state index contributed by atoms with van der Waals surface area (Å²) < 4.78 is 95.5. The van der Waals surface area contributed by atoms with Crippen LogP contribution in [-0.2, 0) is 66.3 Å². The number of aliphatic hydroxyl groups excluding tert-OH is 1. The number of ether oxygens (including phenoxy) is 14. The Morgan fingerprint density at radius 2 is 0.532 bits per heavy atom. The summed E-state index contributed by atoms with van der Waals surface area (Å²) in [6.45, 7) is 44.6. The minimum absolute atomic E-state index is 0.0438. The van der Waals surface area contributed by atoms with Crippen molar-refractivity contribution in [3.05, 3.63) is 0 Å². The molecule has 0 spiro atoms. The lowest BCUT2D eigenvalue weighted by molar-refractivity contribution is -0.369. The first-order valence-electron chi connectivity index (χ1n) is 31.4. The van der Waals surface area contributed by atoms with E-state index in [1.807, 2.05) is 6.92 Å². The average Bonchev–Trinajstić information content (AvgIpc) is 3.94. The van der Waals surface area contributed by atoms with Crippen LogP contribution in [-0.4, -0.2) is 141 Å². The molecule has 8 fully saturated rings. The summed E-state index contributed by atoms with van der Waals surface area (Å²) >= 11 is 0. The zero-order chi connectivity index (χ0) is 56.1. The Kier molecular flexibility index (Phi) is 21.5. The van der Waals surface area contributed by atoms with Gasteiger partial charge in [-0.15, -0.1) is 0 Å². The molecule has 0 saturated carbocycles. The van der Waals surface area contributed by atoms with Gasteiger partial charge in [0.15, 0.2) is 44.0 Å². The molecule has 35 atom stereocenters. The first-order valence-corrected chi connectivity index (χ1v) is 31.4. The van der Waals surface area contributed by atoms with Gasteiger partial charge in [0.2, 0.25) is 0 Å². The van der Waals surface area contributed by atoms with E-state index in [-0.39, 0.29) is 169 Å². The third-order valence-electron chi connectivity index (χ3n) is 21.7. The Labute approximate surface area is 465 Å². The van der Waals surface area contributed by atoms with Gasteiger partial charge in [0, 0.05) is 47.3 Å². The molecule has 77 heavy (non-hydrogen) atoms. The van der Waals surface area contributed by atoms with E-state index in [0.29, 0.717) is 12.5 Å². The van der Waals surface area contributed by atoms with Gasteiger partial charge in [-0.2, -0.15) is 0 Å². The number of rotatable bonds is 18. The third-order valence-corrected chi connectivity index (χ3v) is 21.7. The van der Waals surface area contributed by atoms with Crippen LogP contribution in [0.1, 0.15) is 177 Å². The smallest absolute Gasteiger partial charge is 0.163 e. The van der Waals surface area contributed by atoms with Gasteiger partial charge in [0.1, 0.15) is 6.10 Å². The standard InChI is InChI=1S/C62H110O15/c1-21-42-40(19)49(63)41(20)62(65-42)76-54-33(12)38(17)60(69-47(54)26-6)74-52-31(10)36(15)58(67-45(52)24-4)72-50-29(8)35(14)57(66-43(50)22-2)73-51-30(9)37(16)59(68-44(51)23-3)75-53-32(11)39(18)61(70-46(53)25-5)77-55-28(7)34(13)56-64-27-48(55)71-56/h28-63H,21-27H2,1-20H3/t28?,29?,30-,31?,32-,33-,34?,35?,36?,37?,38?,39?,40-,41?,42?,43?,44?,45?,46?,47?,48+,49+,50+,51+,52+,53+,54+,55+,56-,57+,58-,59+,60+,61+,62+/m1/s1. The molecule has 8 rings (SSSR count). The van der Waals surface area contributed by atoms with Crippen molar-refractivity contribution in [1.82, 2.24) is 0 Å². The first kappa shape index (κ1) is 62.4. The molecule has 0 radical (unpaired) electrons. The van der Waals surface area contributed by atoms with Gasteiger partial charge in [0.05, 0.1) is 86.0 Å². The lowest BCUT2D eigenvalue weighted by atomic mass is 9.80. The Morgan fingerprint density at radius 1 is 0.286 bits per heavy atom. The molecule has 8 aliphatic heterocycles. The van der Waals surface area contributed by atoms with Crippen molar-refractivity contribution in [2.45, 2.75) is 306 Å². The molecule has 2 bridgehead atoms. The molecule has 16 unspecified atom stereocenters. The predicted molar refractivity (Wildman–Crippen MR) is 292 cm³/mol. The van der Waals surface area contributed by atoms with Crippen molar-refractivity contribution in [3.8, 4) is 0 Å². The maximum absolute atomic E-state index is 11.1. The zero-order valence-corrected chi connectivity index (χ0v) is 51.3. The summed E-state index contributed by atoms with van der Waals surface area (Å²) in [5.41, 5.74) is 0. The Hall–Kier alpha value is -0.600. The second-order valence-corrected chi connectivity index (χ2v) is 26.2. The normalized spacial score (nSPS) is 54.6. The van der Waals surface area contributed by atoms with E-state index in [2.05, 4.69) is 132 Å². The van der Waals surface area contributed by atoms with Crippen LogP contribution >= 0.6 is 0 Å². The van der Waals surface area contributed by atoms with E-state index in [4.69, 9.17) is 66.3 Å². The Balaban J connectivity index is 0.859. The summed E-state index contributed by atoms with van der Waals surface area (Å²) in [6.07, 6.45) is -0.415. The molecule has 1 N–H and O–H groups in total. The highest BCUT2D eigenvalue weighted by atomic mass is 16.8. The van der Waals surface area contributed by atoms with Gasteiger partial charge in [-0.25, -0.2) is 0 Å². The van der Waals surface area contributed by atoms with Crippen LogP contribution in [0.25, 0.3) is 0 Å². The maximum Gasteiger partial charge on any atom is 0.163 e. The molecule has 8 aliphatic rings. The van der Waals surface area contributed by atoms with E-state index in [1.165, 1.54) is 0 Å². The van der Waals surface area contributed by atoms with Gasteiger partial charge >= 0.3 is 0 Å². The summed E-state index contributed by atoms with van der Waals surface area (Å²) in [4.78, 5) is 0. The van der Waals surface area contributed by atoms with E-state index in [1.54, 1.807) is 0 Å². The predicted octanol–water partition coefficient (Wildman–Crippen LogP) is 11.1. The topological polar surface area (TPSA) is 149 Å². The van der Waals surface area contributed by atoms with Gasteiger partial charge in [-0.05, 0) is 74.0 Å². The quantitative estimate of drug-likeness (QED) is 0.139. The second kappa shape index (κ2) is 26.5. The van der Waals surface area contributed by atoms with Crippen LogP contribution in [0.3, 0.4) is 0 Å². The molecule has 0 amide bonds. The molecule has 15 nitrogen and oxygen atoms in total. The molecule has 15 heteroatoms. The average molecular weight is 1100 g/mol. The number of fused-ring (bicyclic) bond motifs is 2. The highest BCUT2D eigenvalue weighted by molar-refractivity contribution is 4.97. The van der Waals surface area contributed by atoms with Crippen molar-refractivity contribution in [2.24, 2.45) is 82.9 Å². The van der Waals surface area contributed by atoms with Crippen molar-refractivity contribution in [3.63, 3.8) is 0 Å². The minimum atomic E-state index is -0.494. The molecule has 448 valence electrons. The van der Waals surface area contributed by atoms with Crippen molar-refractivity contribution >= 4 is 0 Å². The molecule has 0 aromatic rings. The fourth-order valence-electron chi connectivity index (χ4n) is 14.6. The van der Waals surface area contributed by atoms with Crippen molar-refractivity contribution in [1.29, 1.82) is 0 Å². The van der Waals surface area contributed by atoms with E-state index < -0.39 is 37.6 Å². The van der Waals surface area contributed by atoms with Crippen molar-refractivity contribution < 1.29 is 71.4 Å². The highest BCUT2D eigenvalue weighted by Gasteiger charge is 2.55. The molecule has 0 aliphatic carbocycles. The fraction of sp³-hybridized carbons (Fsp3) is 1.00. The van der Waals surface area contributed by atoms with E-state index in [0.717, 1.165) is 38.5 Å². The molecule has 0 aromatic heterocycles. The minimum Gasteiger partial charge on any atom is -0.392 e. The number of hydrogen-bond acceptors (Lipinski definition) is 15. The summed E-state index contributed by atoms with van der Waals surface area (Å²) in [7, 11) is 0. The lowest BCUT2D eigenvalue weighted by Gasteiger charge is -2.52. The molecular formula is C62H110O15. The summed E-state index contributed by atoms with van der Waals surface area (Å²) in [5.74, 6) is 1.45. The van der Waals surface area contributed by atoms with Crippen molar-refractivity contribution in [2.75, 3.05) is 6.61 Å². The van der Waals surface area contributed by atoms with Gasteiger partial charge in [0.25, 0.3) is 0 Å². The largest absolute Gasteiger partial charge is 0.392 e. The Morgan fingerprint density at radius 3 is 0.818 bits per heavy atom. The van der Waals surface area contributed by atoms with E-state index >= 15 is 0 Å². The SMILES string of the molecule is CCC1O[C@@H](O[C@@H]2C(CC)O[C@@H](O[C@@H]3C(CC)O[C@@H](O[C@H]4C(C)C(C)[C@@H]5OC[C@@H]4O5)C(C)[C@H]3C)C(C)[C@H]2C)C(C)C(C)[C@@H]1O[C@H]1OC(CC)[C@@H](O[C@@H]2OC(CC)[C@@H](O[C@@H]3OC(CC)[C@@H](C)[C@H](O)C3C)[C@H](C)C2C)C(C)C1C. The number of aliphatic hydroxyl groups is 1. The van der Waals surface area contributed by atoms with E-state index in [9.17, 15) is 5.11 Å². The third kappa shape index (κ3) is 12.5. The summed E-state index contributed by atoms with van der Waals surface area (Å²) in [5, 5.41) is 11.1. The lowest BCUT2D eigenvalue weighted by Crippen LogP contribution is -2.60. The summed E-state index contributed by atoms with van der Waals surface area (Å²) in [6, 6.07) is 0. The van der Waals surface area contributed by atoms with Crippen LogP contribution in [0.5, 0.6) is 0 Å². The second-order valence-electron chi connectivity index (χ2n) is 26.2. The van der Waals surface area contributed by atoms with Crippen LogP contribution in [0.2, 0.25) is 0 Å². The Bertz CT molecular complexity index is 1800. The monoisotopic (exact) mass is 1090 g/mol. The molecular weight excluding hydrogens is 985 g/mol. The van der Waals surface area contributed by atoms with Crippen LogP contribution in [0, 0.1) is 82.9 Å².